The summed E-state index contributed by atoms with van der Waals surface area (Å²) >= 11 is 0. The molecule has 2 rings (SSSR count). The van der Waals surface area contributed by atoms with E-state index in [0.717, 1.165) is 11.6 Å². The molecule has 0 saturated heterocycles. The van der Waals surface area contributed by atoms with Crippen LogP contribution < -0.4 is 14.2 Å². The molecule has 0 saturated carbocycles. The SMILES string of the molecule is COc1cc(/C=C/[N+](=O)[O-])c(OC)c2c(OC)cccc12. The maximum Gasteiger partial charge on any atom is 0.235 e. The minimum atomic E-state index is -0.529. The van der Waals surface area contributed by atoms with Gasteiger partial charge in [-0.05, 0) is 12.1 Å². The van der Waals surface area contributed by atoms with E-state index in [4.69, 9.17) is 14.2 Å². The summed E-state index contributed by atoms with van der Waals surface area (Å²) in [5, 5.41) is 12.1. The first-order valence-corrected chi connectivity index (χ1v) is 6.15. The molecular weight excluding hydrogens is 274 g/mol. The van der Waals surface area contributed by atoms with Gasteiger partial charge in [0.15, 0.2) is 0 Å². The molecule has 110 valence electrons. The van der Waals surface area contributed by atoms with Gasteiger partial charge in [0.1, 0.15) is 17.2 Å². The summed E-state index contributed by atoms with van der Waals surface area (Å²) in [6, 6.07) is 7.21. The molecule has 0 aliphatic heterocycles. The maximum atomic E-state index is 10.5. The first-order chi connectivity index (χ1) is 10.1. The van der Waals surface area contributed by atoms with Crippen LogP contribution in [0.1, 0.15) is 5.56 Å². The Morgan fingerprint density at radius 1 is 1.10 bits per heavy atom. The van der Waals surface area contributed by atoms with E-state index in [-0.39, 0.29) is 0 Å². The zero-order chi connectivity index (χ0) is 15.4. The van der Waals surface area contributed by atoms with E-state index in [1.807, 2.05) is 12.1 Å². The lowest BCUT2D eigenvalue weighted by Crippen LogP contribution is -1.96. The number of nitrogens with zero attached hydrogens (tertiary/aromatic N) is 1. The molecule has 0 unspecified atom stereocenters. The molecule has 6 heteroatoms. The van der Waals surface area contributed by atoms with Crippen molar-refractivity contribution in [1.29, 1.82) is 0 Å². The lowest BCUT2D eigenvalue weighted by molar-refractivity contribution is -0.400. The maximum absolute atomic E-state index is 10.5. The lowest BCUT2D eigenvalue weighted by Gasteiger charge is -2.15. The average Bonchev–Trinajstić information content (AvgIpc) is 2.50. The van der Waals surface area contributed by atoms with E-state index >= 15 is 0 Å². The molecule has 0 radical (unpaired) electrons. The van der Waals surface area contributed by atoms with Gasteiger partial charge < -0.3 is 14.2 Å². The zero-order valence-corrected chi connectivity index (χ0v) is 12.0. The summed E-state index contributed by atoms with van der Waals surface area (Å²) in [7, 11) is 4.61. The molecule has 0 heterocycles. The average molecular weight is 289 g/mol. The Bertz CT molecular complexity index is 709. The smallest absolute Gasteiger partial charge is 0.235 e. The number of nitro groups is 1. The summed E-state index contributed by atoms with van der Waals surface area (Å²) in [6.45, 7) is 0. The number of hydrogen-bond acceptors (Lipinski definition) is 5. The minimum absolute atomic E-state index is 0.501. The van der Waals surface area contributed by atoms with Gasteiger partial charge in [-0.1, -0.05) is 12.1 Å². The van der Waals surface area contributed by atoms with Crippen LogP contribution in [0.4, 0.5) is 0 Å². The molecule has 6 nitrogen and oxygen atoms in total. The highest BCUT2D eigenvalue weighted by Crippen LogP contribution is 2.42. The number of rotatable bonds is 5. The second-order valence-electron chi connectivity index (χ2n) is 4.19. The van der Waals surface area contributed by atoms with Crippen molar-refractivity contribution >= 4 is 16.8 Å². The van der Waals surface area contributed by atoms with Gasteiger partial charge in [-0.15, -0.1) is 0 Å². The van der Waals surface area contributed by atoms with Crippen molar-refractivity contribution in [2.45, 2.75) is 0 Å². The molecule has 0 spiro atoms. The molecule has 0 aliphatic carbocycles. The van der Waals surface area contributed by atoms with Gasteiger partial charge in [-0.3, -0.25) is 10.1 Å². The normalized spacial score (nSPS) is 10.8. The molecule has 0 atom stereocenters. The molecule has 0 fully saturated rings. The van der Waals surface area contributed by atoms with E-state index in [0.29, 0.717) is 28.2 Å². The van der Waals surface area contributed by atoms with E-state index in [9.17, 15) is 10.1 Å². The van der Waals surface area contributed by atoms with Crippen LogP contribution in [-0.2, 0) is 0 Å². The van der Waals surface area contributed by atoms with Crippen molar-refractivity contribution < 1.29 is 19.1 Å². The van der Waals surface area contributed by atoms with Crippen LogP contribution in [0.5, 0.6) is 17.2 Å². The fraction of sp³-hybridized carbons (Fsp3) is 0.200. The topological polar surface area (TPSA) is 70.8 Å². The zero-order valence-electron chi connectivity index (χ0n) is 12.0. The van der Waals surface area contributed by atoms with E-state index in [1.165, 1.54) is 13.2 Å². The monoisotopic (exact) mass is 289 g/mol. The summed E-state index contributed by atoms with van der Waals surface area (Å²) in [4.78, 5) is 10.0. The van der Waals surface area contributed by atoms with Crippen molar-refractivity contribution in [3.05, 3.63) is 46.1 Å². The van der Waals surface area contributed by atoms with Crippen LogP contribution in [0.3, 0.4) is 0 Å². The summed E-state index contributed by atoms with van der Waals surface area (Å²) in [5.41, 5.74) is 0.544. The molecule has 0 N–H and O–H groups in total. The molecule has 0 bridgehead atoms. The second kappa shape index (κ2) is 6.13. The number of methoxy groups -OCH3 is 3. The van der Waals surface area contributed by atoms with Gasteiger partial charge >= 0.3 is 0 Å². The van der Waals surface area contributed by atoms with Crippen LogP contribution in [0.2, 0.25) is 0 Å². The summed E-state index contributed by atoms with van der Waals surface area (Å²) in [5.74, 6) is 1.70. The van der Waals surface area contributed by atoms with Crippen LogP contribution in [-0.4, -0.2) is 26.3 Å². The number of ether oxygens (including phenoxy) is 3. The number of benzene rings is 2. The van der Waals surface area contributed by atoms with E-state index in [2.05, 4.69) is 0 Å². The van der Waals surface area contributed by atoms with Crippen LogP contribution in [0.15, 0.2) is 30.5 Å². The Labute approximate surface area is 121 Å². The van der Waals surface area contributed by atoms with Gasteiger partial charge in [0.25, 0.3) is 0 Å². The summed E-state index contributed by atoms with van der Waals surface area (Å²) in [6.07, 6.45) is 2.23. The molecule has 21 heavy (non-hydrogen) atoms. The molecule has 0 amide bonds. The first kappa shape index (κ1) is 14.6. The highest BCUT2D eigenvalue weighted by atomic mass is 16.6. The molecule has 0 aliphatic rings. The third-order valence-electron chi connectivity index (χ3n) is 3.09. The van der Waals surface area contributed by atoms with Gasteiger partial charge in [0.2, 0.25) is 6.20 Å². The fourth-order valence-corrected chi connectivity index (χ4v) is 2.22. The summed E-state index contributed by atoms with van der Waals surface area (Å²) < 4.78 is 16.1. The standard InChI is InChI=1S/C15H15NO5/c1-19-12-6-4-5-11-13(20-2)9-10(7-8-16(17)18)15(21-3)14(11)12/h4-9H,1-3H3/b8-7+. The third kappa shape index (κ3) is 2.74. The third-order valence-corrected chi connectivity index (χ3v) is 3.09. The molecular formula is C15H15NO5. The molecule has 0 aromatic heterocycles. The minimum Gasteiger partial charge on any atom is -0.496 e. The highest BCUT2D eigenvalue weighted by Gasteiger charge is 2.16. The van der Waals surface area contributed by atoms with Crippen molar-refractivity contribution in [3.8, 4) is 17.2 Å². The van der Waals surface area contributed by atoms with E-state index in [1.54, 1.807) is 26.4 Å². The Morgan fingerprint density at radius 2 is 1.81 bits per heavy atom. The van der Waals surface area contributed by atoms with Crippen molar-refractivity contribution in [3.63, 3.8) is 0 Å². The molecule has 2 aromatic carbocycles. The fourth-order valence-electron chi connectivity index (χ4n) is 2.22. The van der Waals surface area contributed by atoms with Gasteiger partial charge in [0.05, 0.1) is 31.6 Å². The van der Waals surface area contributed by atoms with Crippen LogP contribution in [0.25, 0.3) is 16.8 Å². The predicted molar refractivity (Wildman–Crippen MR) is 79.6 cm³/mol. The van der Waals surface area contributed by atoms with Gasteiger partial charge in [-0.2, -0.15) is 0 Å². The Hall–Kier alpha value is -2.76. The van der Waals surface area contributed by atoms with Gasteiger partial charge in [0, 0.05) is 17.0 Å². The lowest BCUT2D eigenvalue weighted by atomic mass is 10.0. The first-order valence-electron chi connectivity index (χ1n) is 6.15. The number of hydrogen-bond donors (Lipinski definition) is 0. The second-order valence-corrected chi connectivity index (χ2v) is 4.19. The number of fused-ring (bicyclic) bond motifs is 1. The van der Waals surface area contributed by atoms with Crippen molar-refractivity contribution in [2.24, 2.45) is 0 Å². The van der Waals surface area contributed by atoms with E-state index < -0.39 is 4.92 Å². The van der Waals surface area contributed by atoms with Crippen molar-refractivity contribution in [1.82, 2.24) is 0 Å². The Morgan fingerprint density at radius 3 is 2.38 bits per heavy atom. The Balaban J connectivity index is 2.84. The van der Waals surface area contributed by atoms with Crippen molar-refractivity contribution in [2.75, 3.05) is 21.3 Å². The van der Waals surface area contributed by atoms with Crippen LogP contribution >= 0.6 is 0 Å². The quantitative estimate of drug-likeness (QED) is 0.624. The largest absolute Gasteiger partial charge is 0.496 e. The predicted octanol–water partition coefficient (Wildman–Crippen LogP) is 3.11. The highest BCUT2D eigenvalue weighted by molar-refractivity contribution is 6.00. The molecule has 2 aromatic rings. The Kier molecular flexibility index (Phi) is 4.27. The van der Waals surface area contributed by atoms with Crippen LogP contribution in [0, 0.1) is 10.1 Å². The van der Waals surface area contributed by atoms with Gasteiger partial charge in [-0.25, -0.2) is 0 Å².